The molecule has 0 saturated carbocycles. The lowest BCUT2D eigenvalue weighted by atomic mass is 10.1. The second-order valence-corrected chi connectivity index (χ2v) is 10.5. The maximum Gasteiger partial charge on any atom is 0.251 e. The van der Waals surface area contributed by atoms with E-state index in [9.17, 15) is 4.79 Å². The minimum absolute atomic E-state index is 0.00192. The molecular weight excluding hydrogens is 250 g/mol. The molecule has 19 heavy (non-hydrogen) atoms. The number of para-hydroxylation sites is 1. The van der Waals surface area contributed by atoms with Gasteiger partial charge in [0, 0.05) is 11.3 Å². The number of amides is 1. The zero-order chi connectivity index (χ0) is 14.3. The molecule has 0 fully saturated rings. The molecule has 1 amide bonds. The maximum atomic E-state index is 12.3. The average Bonchev–Trinajstić information content (AvgIpc) is 2.34. The van der Waals surface area contributed by atoms with Gasteiger partial charge in [-0.3, -0.25) is 4.79 Å². The molecule has 0 aliphatic rings. The highest BCUT2D eigenvalue weighted by Gasteiger charge is 2.16. The Morgan fingerprint density at radius 3 is 2.37 bits per heavy atom. The van der Waals surface area contributed by atoms with Gasteiger partial charge in [0.2, 0.25) is 0 Å². The van der Waals surface area contributed by atoms with Gasteiger partial charge in [0.05, 0.1) is 8.07 Å². The van der Waals surface area contributed by atoms with E-state index >= 15 is 0 Å². The standard InChI is InChI=1S/C16H24NOSi/c1-5-6-10-14(13-19(2,3)4)16(18)17-15-11-8-7-9-12-15/h7-9,11-12H,5-6,10H2,1-4H3,(H,17,18). The van der Waals surface area contributed by atoms with Crippen molar-refractivity contribution in [3.8, 4) is 0 Å². The van der Waals surface area contributed by atoms with Crippen molar-refractivity contribution in [2.24, 2.45) is 0 Å². The van der Waals surface area contributed by atoms with Crippen LogP contribution in [-0.4, -0.2) is 14.0 Å². The number of nitrogens with one attached hydrogen (secondary N) is 1. The predicted octanol–water partition coefficient (Wildman–Crippen LogP) is 4.42. The first-order chi connectivity index (χ1) is 8.92. The number of hydrogen-bond donors (Lipinski definition) is 1. The third-order valence-corrected chi connectivity index (χ3v) is 3.66. The van der Waals surface area contributed by atoms with Crippen LogP contribution < -0.4 is 5.32 Å². The monoisotopic (exact) mass is 274 g/mol. The molecule has 1 radical (unpaired) electrons. The number of carbonyl (C=O) groups is 1. The molecular formula is C16H24NOSi. The van der Waals surface area contributed by atoms with Crippen LogP contribution in [0.2, 0.25) is 19.6 Å². The lowest BCUT2D eigenvalue weighted by molar-refractivity contribution is -0.113. The Morgan fingerprint density at radius 1 is 1.21 bits per heavy atom. The Morgan fingerprint density at radius 2 is 1.84 bits per heavy atom. The lowest BCUT2D eigenvalue weighted by Gasteiger charge is -2.14. The number of rotatable bonds is 6. The summed E-state index contributed by atoms with van der Waals surface area (Å²) in [5, 5.41) is 2.96. The molecule has 1 N–H and O–H groups in total. The normalized spacial score (nSPS) is 12.3. The minimum Gasteiger partial charge on any atom is -0.322 e. The number of benzene rings is 1. The average molecular weight is 274 g/mol. The van der Waals surface area contributed by atoms with Crippen LogP contribution in [-0.2, 0) is 4.79 Å². The van der Waals surface area contributed by atoms with E-state index in [1.54, 1.807) is 0 Å². The van der Waals surface area contributed by atoms with Gasteiger partial charge in [-0.2, -0.15) is 0 Å². The van der Waals surface area contributed by atoms with Gasteiger partial charge in [-0.15, -0.1) is 0 Å². The molecule has 103 valence electrons. The third kappa shape index (κ3) is 6.39. The Kier molecular flexibility index (Phi) is 6.02. The number of hydrogen-bond acceptors (Lipinski definition) is 1. The summed E-state index contributed by atoms with van der Waals surface area (Å²) in [4.78, 5) is 12.3. The van der Waals surface area contributed by atoms with Gasteiger partial charge in [-0.1, -0.05) is 56.9 Å². The van der Waals surface area contributed by atoms with Crippen LogP contribution in [0.1, 0.15) is 26.2 Å². The van der Waals surface area contributed by atoms with Crippen LogP contribution in [0, 0.1) is 5.70 Å². The fourth-order valence-corrected chi connectivity index (χ4v) is 2.91. The van der Waals surface area contributed by atoms with E-state index in [0.29, 0.717) is 0 Å². The van der Waals surface area contributed by atoms with Gasteiger partial charge in [0.15, 0.2) is 0 Å². The van der Waals surface area contributed by atoms with Crippen molar-refractivity contribution < 1.29 is 4.79 Å². The Bertz CT molecular complexity index is 432. The first kappa shape index (κ1) is 15.7. The molecule has 2 nitrogen and oxygen atoms in total. The summed E-state index contributed by atoms with van der Waals surface area (Å²) in [5.41, 5.74) is 5.12. The molecule has 0 aromatic heterocycles. The molecule has 1 rings (SSSR count). The molecule has 3 heteroatoms. The van der Waals surface area contributed by atoms with Crippen molar-refractivity contribution in [2.75, 3.05) is 5.32 Å². The van der Waals surface area contributed by atoms with Crippen LogP contribution in [0.15, 0.2) is 35.9 Å². The van der Waals surface area contributed by atoms with Crippen LogP contribution in [0.5, 0.6) is 0 Å². The van der Waals surface area contributed by atoms with E-state index in [-0.39, 0.29) is 5.91 Å². The van der Waals surface area contributed by atoms with E-state index in [4.69, 9.17) is 0 Å². The summed E-state index contributed by atoms with van der Waals surface area (Å²) in [6.45, 7) is 8.75. The smallest absolute Gasteiger partial charge is 0.251 e. The van der Waals surface area contributed by atoms with Crippen molar-refractivity contribution in [3.05, 3.63) is 41.6 Å². The number of unbranched alkanes of at least 4 members (excludes halogenated alkanes) is 1. The molecule has 0 unspecified atom stereocenters. The summed E-state index contributed by atoms with van der Waals surface area (Å²) in [5.74, 6) is 0.00192. The molecule has 1 aromatic carbocycles. The fourth-order valence-electron chi connectivity index (χ4n) is 1.77. The second kappa shape index (κ2) is 7.29. The Balaban J connectivity index is 2.80. The number of anilines is 1. The molecule has 0 bridgehead atoms. The molecule has 0 saturated heterocycles. The largest absolute Gasteiger partial charge is 0.322 e. The summed E-state index contributed by atoms with van der Waals surface area (Å²) in [7, 11) is -1.50. The first-order valence-electron chi connectivity index (χ1n) is 6.93. The van der Waals surface area contributed by atoms with Gasteiger partial charge < -0.3 is 5.32 Å². The van der Waals surface area contributed by atoms with Crippen LogP contribution in [0.3, 0.4) is 0 Å². The Hall–Kier alpha value is -1.35. The van der Waals surface area contributed by atoms with Crippen molar-refractivity contribution in [2.45, 2.75) is 45.8 Å². The van der Waals surface area contributed by atoms with Crippen LogP contribution >= 0.6 is 0 Å². The Labute approximate surface area is 117 Å². The maximum absolute atomic E-state index is 12.3. The third-order valence-electron chi connectivity index (χ3n) is 2.61. The summed E-state index contributed by atoms with van der Waals surface area (Å²) >= 11 is 0. The van der Waals surface area contributed by atoms with Crippen LogP contribution in [0.25, 0.3) is 0 Å². The van der Waals surface area contributed by atoms with Gasteiger partial charge in [-0.05, 0) is 25.0 Å². The van der Waals surface area contributed by atoms with Gasteiger partial charge >= 0.3 is 0 Å². The topological polar surface area (TPSA) is 29.1 Å². The summed E-state index contributed by atoms with van der Waals surface area (Å²) in [6.07, 6.45) is 2.95. The second-order valence-electron chi connectivity index (χ2n) is 5.78. The molecule has 0 atom stereocenters. The number of carbonyl (C=O) groups excluding carboxylic acids is 1. The highest BCUT2D eigenvalue weighted by atomic mass is 28.3. The van der Waals surface area contributed by atoms with Crippen molar-refractivity contribution in [1.29, 1.82) is 0 Å². The summed E-state index contributed by atoms with van der Waals surface area (Å²) in [6, 6.07) is 9.60. The quantitative estimate of drug-likeness (QED) is 0.603. The highest BCUT2D eigenvalue weighted by Crippen LogP contribution is 2.15. The van der Waals surface area contributed by atoms with Crippen molar-refractivity contribution >= 4 is 19.7 Å². The molecule has 0 spiro atoms. The molecule has 0 aliphatic carbocycles. The van der Waals surface area contributed by atoms with Gasteiger partial charge in [0.25, 0.3) is 5.91 Å². The molecule has 0 aliphatic heterocycles. The summed E-state index contributed by atoms with van der Waals surface area (Å²) < 4.78 is 0. The fraction of sp³-hybridized carbons (Fsp3) is 0.438. The highest BCUT2D eigenvalue weighted by molar-refractivity contribution is 6.79. The molecule has 0 heterocycles. The SMILES string of the molecule is CCCCC(=[C][Si](C)(C)C)C(=O)Nc1ccccc1. The van der Waals surface area contributed by atoms with E-state index in [0.717, 1.165) is 30.5 Å². The lowest BCUT2D eigenvalue weighted by Crippen LogP contribution is -2.23. The van der Waals surface area contributed by atoms with E-state index < -0.39 is 8.07 Å². The van der Waals surface area contributed by atoms with Crippen LogP contribution in [0.4, 0.5) is 5.69 Å². The molecule has 1 aromatic rings. The zero-order valence-electron chi connectivity index (χ0n) is 12.4. The van der Waals surface area contributed by atoms with E-state index in [1.807, 2.05) is 30.3 Å². The van der Waals surface area contributed by atoms with Gasteiger partial charge in [-0.25, -0.2) is 0 Å². The predicted molar refractivity (Wildman–Crippen MR) is 84.7 cm³/mol. The van der Waals surface area contributed by atoms with Crippen molar-refractivity contribution in [1.82, 2.24) is 0 Å². The van der Waals surface area contributed by atoms with Gasteiger partial charge in [0.1, 0.15) is 0 Å². The van der Waals surface area contributed by atoms with E-state index in [1.165, 1.54) is 0 Å². The van der Waals surface area contributed by atoms with E-state index in [2.05, 4.69) is 37.6 Å². The minimum atomic E-state index is -1.50. The van der Waals surface area contributed by atoms with Crippen molar-refractivity contribution in [3.63, 3.8) is 0 Å². The zero-order valence-corrected chi connectivity index (χ0v) is 13.4. The first-order valence-corrected chi connectivity index (χ1v) is 10.4.